The molecule has 2 amide bonds. The van der Waals surface area contributed by atoms with Crippen LogP contribution >= 0.6 is 15.9 Å². The fourth-order valence-corrected chi connectivity index (χ4v) is 4.45. The summed E-state index contributed by atoms with van der Waals surface area (Å²) in [4.78, 5) is 27.8. The maximum atomic E-state index is 13.5. The molecule has 0 heterocycles. The Morgan fingerprint density at radius 1 is 1.09 bits per heavy atom. The molecule has 0 aliphatic carbocycles. The fraction of sp³-hybridized carbons (Fsp3) is 0.440. The summed E-state index contributed by atoms with van der Waals surface area (Å²) in [7, 11) is -2.21. The van der Waals surface area contributed by atoms with E-state index in [2.05, 4.69) is 21.2 Å². The van der Waals surface area contributed by atoms with Crippen molar-refractivity contribution in [3.63, 3.8) is 0 Å². The molecule has 1 atom stereocenters. The molecule has 0 saturated heterocycles. The quantitative estimate of drug-likeness (QED) is 0.446. The topological polar surface area (TPSA) is 96.0 Å². The number of carbonyl (C=O) groups is 2. The number of nitrogens with one attached hydrogen (secondary N) is 1. The molecule has 0 fully saturated rings. The van der Waals surface area contributed by atoms with E-state index in [-0.39, 0.29) is 18.4 Å². The predicted molar refractivity (Wildman–Crippen MR) is 142 cm³/mol. The summed E-state index contributed by atoms with van der Waals surface area (Å²) in [6, 6.07) is 11.4. The van der Waals surface area contributed by atoms with Crippen LogP contribution < -0.4 is 14.4 Å². The number of methoxy groups -OCH3 is 1. The molecule has 0 aromatic heterocycles. The van der Waals surface area contributed by atoms with Gasteiger partial charge in [0.1, 0.15) is 18.3 Å². The van der Waals surface area contributed by atoms with Gasteiger partial charge in [-0.3, -0.25) is 13.9 Å². The average molecular weight is 569 g/mol. The first-order valence-corrected chi connectivity index (χ1v) is 13.9. The molecule has 2 aromatic rings. The van der Waals surface area contributed by atoms with E-state index in [4.69, 9.17) is 4.74 Å². The van der Waals surface area contributed by atoms with Crippen molar-refractivity contribution in [3.8, 4) is 5.75 Å². The van der Waals surface area contributed by atoms with Crippen molar-refractivity contribution in [1.29, 1.82) is 0 Å². The van der Waals surface area contributed by atoms with Gasteiger partial charge in [-0.1, -0.05) is 41.9 Å². The van der Waals surface area contributed by atoms with Crippen molar-refractivity contribution in [2.24, 2.45) is 5.92 Å². The third-order valence-corrected chi connectivity index (χ3v) is 7.50. The molecule has 8 nitrogen and oxygen atoms in total. The standard InChI is InChI=1S/C25H34BrN3O5S/c1-17(2)14-27-25(31)19(4)28(15-20-7-10-22(34-5)11-8-20)24(30)16-29(35(6,32)33)21-9-12-23(26)18(3)13-21/h7-13,17,19H,14-16H2,1-6H3,(H,27,31)/t19-/m0/s1. The molecule has 0 saturated carbocycles. The summed E-state index contributed by atoms with van der Waals surface area (Å²) in [5.74, 6) is 0.131. The van der Waals surface area contributed by atoms with Gasteiger partial charge in [-0.05, 0) is 61.2 Å². The number of anilines is 1. The highest BCUT2D eigenvalue weighted by Crippen LogP contribution is 2.25. The Bertz CT molecular complexity index is 1140. The highest BCUT2D eigenvalue weighted by atomic mass is 79.9. The highest BCUT2D eigenvalue weighted by Gasteiger charge is 2.30. The minimum Gasteiger partial charge on any atom is -0.497 e. The number of ether oxygens (including phenoxy) is 1. The molecule has 2 aromatic carbocycles. The molecule has 0 bridgehead atoms. The van der Waals surface area contributed by atoms with Crippen molar-refractivity contribution >= 4 is 43.5 Å². The molecule has 0 unspecified atom stereocenters. The van der Waals surface area contributed by atoms with Crippen molar-refractivity contribution in [3.05, 3.63) is 58.1 Å². The van der Waals surface area contributed by atoms with Crippen LogP contribution in [0.3, 0.4) is 0 Å². The van der Waals surface area contributed by atoms with Gasteiger partial charge in [0, 0.05) is 17.6 Å². The Labute approximate surface area is 216 Å². The van der Waals surface area contributed by atoms with Gasteiger partial charge < -0.3 is 15.0 Å². The molecule has 1 N–H and O–H groups in total. The minimum absolute atomic E-state index is 0.135. The lowest BCUT2D eigenvalue weighted by atomic mass is 10.1. The average Bonchev–Trinajstić information content (AvgIpc) is 2.80. The molecule has 0 spiro atoms. The Hall–Kier alpha value is -2.59. The molecule has 192 valence electrons. The van der Waals surface area contributed by atoms with E-state index in [1.165, 1.54) is 4.90 Å². The van der Waals surface area contributed by atoms with Gasteiger partial charge in [0.25, 0.3) is 0 Å². The van der Waals surface area contributed by atoms with Crippen LogP contribution in [0.1, 0.15) is 31.9 Å². The molecule has 0 aliphatic rings. The third-order valence-electron chi connectivity index (χ3n) is 5.47. The van der Waals surface area contributed by atoms with Crippen LogP contribution in [-0.2, 0) is 26.2 Å². The number of benzene rings is 2. The summed E-state index contributed by atoms with van der Waals surface area (Å²) in [5.41, 5.74) is 2.00. The van der Waals surface area contributed by atoms with E-state index in [0.717, 1.165) is 26.2 Å². The fourth-order valence-electron chi connectivity index (χ4n) is 3.36. The van der Waals surface area contributed by atoms with Crippen LogP contribution in [0, 0.1) is 12.8 Å². The number of amides is 2. The predicted octanol–water partition coefficient (Wildman–Crippen LogP) is 3.72. The summed E-state index contributed by atoms with van der Waals surface area (Å²) >= 11 is 3.41. The molecule has 35 heavy (non-hydrogen) atoms. The van der Waals surface area contributed by atoms with Crippen LogP contribution in [0.4, 0.5) is 5.69 Å². The largest absolute Gasteiger partial charge is 0.497 e. The number of aryl methyl sites for hydroxylation is 1. The highest BCUT2D eigenvalue weighted by molar-refractivity contribution is 9.10. The molecular weight excluding hydrogens is 534 g/mol. The van der Waals surface area contributed by atoms with Gasteiger partial charge >= 0.3 is 0 Å². The Morgan fingerprint density at radius 2 is 1.71 bits per heavy atom. The molecule has 10 heteroatoms. The van der Waals surface area contributed by atoms with Gasteiger partial charge in [-0.2, -0.15) is 0 Å². The first-order valence-electron chi connectivity index (χ1n) is 11.3. The zero-order valence-corrected chi connectivity index (χ0v) is 23.4. The molecule has 0 aliphatic heterocycles. The number of hydrogen-bond acceptors (Lipinski definition) is 5. The zero-order valence-electron chi connectivity index (χ0n) is 21.0. The van der Waals surface area contributed by atoms with Crippen LogP contribution in [-0.4, -0.2) is 57.6 Å². The smallest absolute Gasteiger partial charge is 0.244 e. The maximum absolute atomic E-state index is 13.5. The van der Waals surface area contributed by atoms with E-state index < -0.39 is 28.5 Å². The van der Waals surface area contributed by atoms with Crippen molar-refractivity contribution in [2.45, 2.75) is 40.3 Å². The number of hydrogen-bond donors (Lipinski definition) is 1. The maximum Gasteiger partial charge on any atom is 0.244 e. The van der Waals surface area contributed by atoms with Crippen LogP contribution in [0.25, 0.3) is 0 Å². The van der Waals surface area contributed by atoms with E-state index in [0.29, 0.717) is 18.0 Å². The minimum atomic E-state index is -3.77. The van der Waals surface area contributed by atoms with Gasteiger partial charge in [0.2, 0.25) is 21.8 Å². The molecule has 2 rings (SSSR count). The van der Waals surface area contributed by atoms with Gasteiger partial charge in [0.05, 0.1) is 19.1 Å². The first kappa shape index (κ1) is 28.6. The van der Waals surface area contributed by atoms with Crippen molar-refractivity contribution < 1.29 is 22.7 Å². The van der Waals surface area contributed by atoms with Crippen LogP contribution in [0.5, 0.6) is 5.75 Å². The second-order valence-corrected chi connectivity index (χ2v) is 11.6. The van der Waals surface area contributed by atoms with Gasteiger partial charge in [-0.15, -0.1) is 0 Å². The summed E-state index contributed by atoms with van der Waals surface area (Å²) < 4.78 is 32.4. The van der Waals surface area contributed by atoms with Crippen molar-refractivity contribution in [1.82, 2.24) is 10.2 Å². The van der Waals surface area contributed by atoms with Crippen molar-refractivity contribution in [2.75, 3.05) is 30.8 Å². The number of nitrogens with zero attached hydrogens (tertiary/aromatic N) is 2. The number of halogens is 1. The SMILES string of the molecule is COc1ccc(CN(C(=O)CN(c2ccc(Br)c(C)c2)S(C)(=O)=O)[C@@H](C)C(=O)NCC(C)C)cc1. The van der Waals surface area contributed by atoms with Gasteiger partial charge in [0.15, 0.2) is 0 Å². The number of sulfonamides is 1. The summed E-state index contributed by atoms with van der Waals surface area (Å²) in [6.07, 6.45) is 1.06. The van der Waals surface area contributed by atoms with E-state index in [9.17, 15) is 18.0 Å². The van der Waals surface area contributed by atoms with E-state index in [1.807, 2.05) is 32.9 Å². The summed E-state index contributed by atoms with van der Waals surface area (Å²) in [6.45, 7) is 7.62. The molecule has 0 radical (unpaired) electrons. The van der Waals surface area contributed by atoms with Gasteiger partial charge in [-0.25, -0.2) is 8.42 Å². The first-order chi connectivity index (χ1) is 16.3. The van der Waals surface area contributed by atoms with E-state index in [1.54, 1.807) is 44.4 Å². The van der Waals surface area contributed by atoms with Crippen LogP contribution in [0.2, 0.25) is 0 Å². The third kappa shape index (κ3) is 8.24. The number of carbonyl (C=O) groups excluding carboxylic acids is 2. The lowest BCUT2D eigenvalue weighted by Gasteiger charge is -2.31. The Morgan fingerprint density at radius 3 is 2.23 bits per heavy atom. The summed E-state index contributed by atoms with van der Waals surface area (Å²) in [5, 5.41) is 2.86. The Balaban J connectivity index is 2.38. The zero-order chi connectivity index (χ0) is 26.3. The van der Waals surface area contributed by atoms with E-state index >= 15 is 0 Å². The lowest BCUT2D eigenvalue weighted by Crippen LogP contribution is -2.51. The second kappa shape index (κ2) is 12.4. The molecular formula is C25H34BrN3O5S. The van der Waals surface area contributed by atoms with Crippen LogP contribution in [0.15, 0.2) is 46.9 Å². The Kier molecular flexibility index (Phi) is 10.1. The second-order valence-electron chi connectivity index (χ2n) is 8.89. The number of rotatable bonds is 11. The lowest BCUT2D eigenvalue weighted by molar-refractivity contribution is -0.139. The monoisotopic (exact) mass is 567 g/mol. The normalized spacial score (nSPS) is 12.2.